The van der Waals surface area contributed by atoms with Gasteiger partial charge in [-0.2, -0.15) is 0 Å². The summed E-state index contributed by atoms with van der Waals surface area (Å²) in [4.78, 5) is 58.2. The zero-order valence-electron chi connectivity index (χ0n) is 30.7. The van der Waals surface area contributed by atoms with E-state index in [1.165, 1.54) is 32.1 Å². The van der Waals surface area contributed by atoms with E-state index in [1.54, 1.807) is 6.92 Å². The molecule has 0 bridgehead atoms. The van der Waals surface area contributed by atoms with Crippen molar-refractivity contribution in [3.63, 3.8) is 0 Å². The number of ether oxygens (including phenoxy) is 4. The van der Waals surface area contributed by atoms with Crippen molar-refractivity contribution < 1.29 is 42.9 Å². The fraction of sp³-hybridized carbons (Fsp3) is 0.861. The molecule has 49 heavy (non-hydrogen) atoms. The van der Waals surface area contributed by atoms with E-state index in [2.05, 4.69) is 28.2 Å². The summed E-state index contributed by atoms with van der Waals surface area (Å²) < 4.78 is 21.3. The molecule has 0 aromatic carbocycles. The summed E-state index contributed by atoms with van der Waals surface area (Å²) in [7, 11) is 0. The van der Waals surface area contributed by atoms with Crippen molar-refractivity contribution in [2.45, 2.75) is 123 Å². The average molecular weight is 701 g/mol. The molecule has 0 aliphatic heterocycles. The van der Waals surface area contributed by atoms with Gasteiger partial charge in [0.2, 0.25) is 23.6 Å². The van der Waals surface area contributed by atoms with Gasteiger partial charge in [0, 0.05) is 45.4 Å². The molecule has 0 unspecified atom stereocenters. The van der Waals surface area contributed by atoms with Crippen LogP contribution in [0.2, 0.25) is 0 Å². The molecule has 0 rings (SSSR count). The van der Waals surface area contributed by atoms with Gasteiger partial charge < -0.3 is 45.0 Å². The van der Waals surface area contributed by atoms with E-state index >= 15 is 0 Å². The molecule has 0 fully saturated rings. The van der Waals surface area contributed by atoms with Crippen LogP contribution in [0.15, 0.2) is 0 Å². The molecule has 0 atom stereocenters. The Balaban J connectivity index is 3.38. The molecule has 0 aliphatic rings. The predicted octanol–water partition coefficient (Wildman–Crippen LogP) is 3.76. The number of Topliss-reactive ketones (excluding diaryl/α,β-unsaturated/α-hetero) is 1. The van der Waals surface area contributed by atoms with E-state index in [-0.39, 0.29) is 49.2 Å². The molecule has 13 heteroatoms. The number of hydrogen-bond donors (Lipinski definition) is 4. The minimum atomic E-state index is -0.254. The Morgan fingerprint density at radius 3 is 1.29 bits per heavy atom. The molecule has 4 N–H and O–H groups in total. The van der Waals surface area contributed by atoms with Gasteiger partial charge in [0.25, 0.3) is 0 Å². The lowest BCUT2D eigenvalue weighted by Crippen LogP contribution is -2.32. The van der Waals surface area contributed by atoms with Gasteiger partial charge in [-0.25, -0.2) is 0 Å². The van der Waals surface area contributed by atoms with Crippen LogP contribution in [0.4, 0.5) is 0 Å². The second-order valence-electron chi connectivity index (χ2n) is 12.3. The second kappa shape index (κ2) is 36.7. The zero-order valence-corrected chi connectivity index (χ0v) is 30.7. The predicted molar refractivity (Wildman–Crippen MR) is 190 cm³/mol. The Kier molecular flexibility index (Phi) is 34.7. The lowest BCUT2D eigenvalue weighted by Gasteiger charge is -2.09. The summed E-state index contributed by atoms with van der Waals surface area (Å²) in [6, 6.07) is 0. The van der Waals surface area contributed by atoms with Crippen molar-refractivity contribution in [1.29, 1.82) is 0 Å². The molecule has 13 nitrogen and oxygen atoms in total. The third-order valence-electron chi connectivity index (χ3n) is 7.54. The molecule has 0 spiro atoms. The molecule has 0 aromatic heterocycles. The van der Waals surface area contributed by atoms with Crippen molar-refractivity contribution in [1.82, 2.24) is 21.3 Å². The first kappa shape index (κ1) is 46.4. The van der Waals surface area contributed by atoms with Gasteiger partial charge in [-0.05, 0) is 32.6 Å². The Hall–Kier alpha value is -2.61. The molecule has 0 aliphatic carbocycles. The van der Waals surface area contributed by atoms with Crippen LogP contribution in [0.1, 0.15) is 123 Å². The van der Waals surface area contributed by atoms with Crippen molar-refractivity contribution in [2.75, 3.05) is 79.0 Å². The Morgan fingerprint density at radius 1 is 0.388 bits per heavy atom. The van der Waals surface area contributed by atoms with Crippen LogP contribution < -0.4 is 21.3 Å². The van der Waals surface area contributed by atoms with E-state index in [4.69, 9.17) is 18.9 Å². The highest BCUT2D eigenvalue weighted by Crippen LogP contribution is 2.12. The summed E-state index contributed by atoms with van der Waals surface area (Å²) in [5, 5.41) is 11.2. The smallest absolute Gasteiger partial charge is 0.246 e. The molecule has 0 saturated heterocycles. The Morgan fingerprint density at radius 2 is 0.776 bits per heavy atom. The first-order valence-corrected chi connectivity index (χ1v) is 18.7. The van der Waals surface area contributed by atoms with Crippen LogP contribution in [-0.4, -0.2) is 108 Å². The molecule has 0 radical (unpaired) electrons. The monoisotopic (exact) mass is 700 g/mol. The highest BCUT2D eigenvalue weighted by molar-refractivity contribution is 5.78. The van der Waals surface area contributed by atoms with Crippen LogP contribution in [0.25, 0.3) is 0 Å². The summed E-state index contributed by atoms with van der Waals surface area (Å²) in [6.07, 6.45) is 16.8. The third kappa shape index (κ3) is 38.1. The maximum atomic E-state index is 12.0. The van der Waals surface area contributed by atoms with Gasteiger partial charge in [0.05, 0.1) is 39.6 Å². The number of nitrogens with one attached hydrogen (secondary N) is 4. The van der Waals surface area contributed by atoms with Gasteiger partial charge >= 0.3 is 0 Å². The quantitative estimate of drug-likeness (QED) is 0.0705. The fourth-order valence-electron chi connectivity index (χ4n) is 4.73. The van der Waals surface area contributed by atoms with Crippen molar-refractivity contribution in [2.24, 2.45) is 0 Å². The number of ketones is 1. The highest BCUT2D eigenvalue weighted by Gasteiger charge is 2.05. The van der Waals surface area contributed by atoms with E-state index in [0.717, 1.165) is 51.4 Å². The van der Waals surface area contributed by atoms with Gasteiger partial charge in [-0.3, -0.25) is 19.2 Å². The van der Waals surface area contributed by atoms with Gasteiger partial charge in [0.1, 0.15) is 19.0 Å². The summed E-state index contributed by atoms with van der Waals surface area (Å²) in [6.45, 7) is 7.44. The molecule has 286 valence electrons. The first-order chi connectivity index (χ1) is 23.8. The molecular weight excluding hydrogens is 632 g/mol. The number of hydrogen-bond acceptors (Lipinski definition) is 9. The van der Waals surface area contributed by atoms with E-state index in [9.17, 15) is 24.0 Å². The van der Waals surface area contributed by atoms with Gasteiger partial charge in [0.15, 0.2) is 0 Å². The van der Waals surface area contributed by atoms with Gasteiger partial charge in [-0.1, -0.05) is 71.1 Å². The van der Waals surface area contributed by atoms with Crippen LogP contribution >= 0.6 is 0 Å². The third-order valence-corrected chi connectivity index (χ3v) is 7.54. The Labute approximate surface area is 295 Å². The summed E-state index contributed by atoms with van der Waals surface area (Å²) >= 11 is 0. The lowest BCUT2D eigenvalue weighted by atomic mass is 10.0. The maximum absolute atomic E-state index is 12.0. The maximum Gasteiger partial charge on any atom is 0.246 e. The average Bonchev–Trinajstić information content (AvgIpc) is 3.07. The number of unbranched alkanes of at least 4 members (excludes halogenated alkanes) is 11. The first-order valence-electron chi connectivity index (χ1n) is 18.7. The second-order valence-corrected chi connectivity index (χ2v) is 12.3. The van der Waals surface area contributed by atoms with Crippen LogP contribution in [0.3, 0.4) is 0 Å². The molecular formula is C36H68N4O9. The van der Waals surface area contributed by atoms with Crippen LogP contribution in [0.5, 0.6) is 0 Å². The van der Waals surface area contributed by atoms with Crippen molar-refractivity contribution >= 4 is 29.4 Å². The number of carbonyl (C=O) groups excluding carboxylic acids is 5. The van der Waals surface area contributed by atoms with E-state index in [1.807, 2.05) is 0 Å². The topological polar surface area (TPSA) is 170 Å². The normalized spacial score (nSPS) is 10.9. The summed E-state index contributed by atoms with van der Waals surface area (Å²) in [5.41, 5.74) is 0. The standard InChI is InChI=1S/C36H68N4O9/c1-3-4-15-20-38-35(44)30-48-28-27-47-25-23-40-36(45)31-49-29-26-46-24-22-39-34(43)19-16-21-37-33(42)18-14-12-10-8-6-5-7-9-11-13-17-32(2)41/h3-31H2,1-2H3,(H,37,42)(H,38,44)(H,39,43)(H,40,45). The van der Waals surface area contributed by atoms with E-state index in [0.29, 0.717) is 84.9 Å². The number of amides is 4. The lowest BCUT2D eigenvalue weighted by molar-refractivity contribution is -0.127. The van der Waals surface area contributed by atoms with Crippen molar-refractivity contribution in [3.05, 3.63) is 0 Å². The van der Waals surface area contributed by atoms with Gasteiger partial charge in [-0.15, -0.1) is 0 Å². The minimum Gasteiger partial charge on any atom is -0.377 e. The molecule has 0 heterocycles. The summed E-state index contributed by atoms with van der Waals surface area (Å²) in [5.74, 6) is -0.139. The van der Waals surface area contributed by atoms with Crippen LogP contribution in [0, 0.1) is 0 Å². The Bertz CT molecular complexity index is 845. The molecule has 0 aromatic rings. The SMILES string of the molecule is CCCCCNC(=O)COCCOCCNC(=O)COCCOCCNC(=O)CCCNC(=O)CCCCCCCCCCCCC(C)=O. The minimum absolute atomic E-state index is 0.0132. The highest BCUT2D eigenvalue weighted by atomic mass is 16.5. The largest absolute Gasteiger partial charge is 0.377 e. The van der Waals surface area contributed by atoms with E-state index < -0.39 is 0 Å². The fourth-order valence-corrected chi connectivity index (χ4v) is 4.73. The zero-order chi connectivity index (χ0) is 36.0. The molecule has 4 amide bonds. The van der Waals surface area contributed by atoms with Crippen LogP contribution in [-0.2, 0) is 42.9 Å². The number of rotatable bonds is 37. The van der Waals surface area contributed by atoms with Crippen molar-refractivity contribution in [3.8, 4) is 0 Å². The molecule has 0 saturated carbocycles. The number of carbonyl (C=O) groups is 5.